The summed E-state index contributed by atoms with van der Waals surface area (Å²) in [6, 6.07) is 20.1. The molecular weight excluding hydrogens is 510 g/mol. The molecule has 0 saturated carbocycles. The van der Waals surface area contributed by atoms with E-state index in [9.17, 15) is 14.9 Å². The lowest BCUT2D eigenvalue weighted by molar-refractivity contribution is -0.384. The molecule has 0 spiro atoms. The quantitative estimate of drug-likeness (QED) is 0.278. The van der Waals surface area contributed by atoms with Crippen molar-refractivity contribution in [3.05, 3.63) is 129 Å². The maximum atomic E-state index is 13.9. The molecule has 1 aliphatic carbocycles. The second-order valence-corrected chi connectivity index (χ2v) is 10.2. The lowest BCUT2D eigenvalue weighted by atomic mass is 9.83. The lowest BCUT2D eigenvalue weighted by Gasteiger charge is -2.31. The molecule has 1 atom stereocenters. The van der Waals surface area contributed by atoms with E-state index in [-0.39, 0.29) is 22.3 Å². The molecule has 0 fully saturated rings. The van der Waals surface area contributed by atoms with E-state index in [0.29, 0.717) is 20.6 Å². The SMILES string of the molecule is COc1ccccc1C1C2=C(N=c3sc(=Cc4ccc(Cl)c([N+](=O)[O-])c4)c(=O)n31)c1ccccc1CC2. The van der Waals surface area contributed by atoms with Gasteiger partial charge in [-0.25, -0.2) is 4.99 Å². The number of benzene rings is 3. The second kappa shape index (κ2) is 9.14. The molecule has 0 amide bonds. The first-order chi connectivity index (χ1) is 18.0. The average Bonchev–Trinajstić information content (AvgIpc) is 3.22. The van der Waals surface area contributed by atoms with Gasteiger partial charge in [-0.3, -0.25) is 19.5 Å². The number of aryl methyl sites for hydroxylation is 1. The summed E-state index contributed by atoms with van der Waals surface area (Å²) in [7, 11) is 1.63. The van der Waals surface area contributed by atoms with Crippen LogP contribution in [0.4, 0.5) is 5.69 Å². The minimum atomic E-state index is -0.533. The number of allylic oxidation sites excluding steroid dienone is 1. The number of rotatable bonds is 4. The van der Waals surface area contributed by atoms with Crippen molar-refractivity contribution < 1.29 is 9.66 Å². The molecule has 7 nitrogen and oxygen atoms in total. The van der Waals surface area contributed by atoms with Crippen molar-refractivity contribution in [2.75, 3.05) is 7.11 Å². The predicted octanol–water partition coefficient (Wildman–Crippen LogP) is 4.89. The van der Waals surface area contributed by atoms with Gasteiger partial charge >= 0.3 is 0 Å². The van der Waals surface area contributed by atoms with E-state index in [1.165, 1.54) is 29.0 Å². The van der Waals surface area contributed by atoms with Crippen molar-refractivity contribution in [2.45, 2.75) is 18.9 Å². The Balaban J connectivity index is 1.62. The summed E-state index contributed by atoms with van der Waals surface area (Å²) >= 11 is 7.25. The van der Waals surface area contributed by atoms with Crippen LogP contribution in [0.25, 0.3) is 11.8 Å². The van der Waals surface area contributed by atoms with Crippen molar-refractivity contribution >= 4 is 40.4 Å². The third-order valence-electron chi connectivity index (χ3n) is 6.77. The van der Waals surface area contributed by atoms with Gasteiger partial charge in [0.1, 0.15) is 10.8 Å². The standard InChI is InChI=1S/C28H20ClN3O4S/c1-36-23-9-5-4-8-19(23)26-20-12-11-17-6-2-3-7-18(17)25(20)30-28-31(26)27(33)24(37-28)15-16-10-13-21(29)22(14-16)32(34)35/h2-10,13-15,26H,11-12H2,1H3. The number of fused-ring (bicyclic) bond motifs is 3. The zero-order valence-corrected chi connectivity index (χ0v) is 21.3. The number of methoxy groups -OCH3 is 1. The molecule has 0 radical (unpaired) electrons. The monoisotopic (exact) mass is 529 g/mol. The minimum Gasteiger partial charge on any atom is -0.496 e. The van der Waals surface area contributed by atoms with Crippen LogP contribution in [0.3, 0.4) is 0 Å². The first kappa shape index (κ1) is 23.4. The highest BCUT2D eigenvalue weighted by molar-refractivity contribution is 7.07. The van der Waals surface area contributed by atoms with Crippen LogP contribution in [0, 0.1) is 10.1 Å². The molecule has 9 heteroatoms. The summed E-state index contributed by atoms with van der Waals surface area (Å²) in [5, 5.41) is 11.4. The Morgan fingerprint density at radius 3 is 2.73 bits per heavy atom. The van der Waals surface area contributed by atoms with Gasteiger partial charge < -0.3 is 4.74 Å². The van der Waals surface area contributed by atoms with Crippen LogP contribution in [-0.4, -0.2) is 16.6 Å². The number of hydrogen-bond donors (Lipinski definition) is 0. The summed E-state index contributed by atoms with van der Waals surface area (Å²) in [5.74, 6) is 0.697. The Morgan fingerprint density at radius 1 is 1.14 bits per heavy atom. The first-order valence-corrected chi connectivity index (χ1v) is 12.9. The van der Waals surface area contributed by atoms with Crippen LogP contribution in [0.2, 0.25) is 5.02 Å². The maximum Gasteiger partial charge on any atom is 0.288 e. The highest BCUT2D eigenvalue weighted by atomic mass is 35.5. The smallest absolute Gasteiger partial charge is 0.288 e. The molecule has 1 aliphatic heterocycles. The minimum absolute atomic E-state index is 0.0473. The van der Waals surface area contributed by atoms with E-state index in [1.807, 2.05) is 36.4 Å². The number of halogens is 1. The molecule has 1 aromatic heterocycles. The highest BCUT2D eigenvalue weighted by Gasteiger charge is 2.34. The Morgan fingerprint density at radius 2 is 1.92 bits per heavy atom. The third-order valence-corrected chi connectivity index (χ3v) is 8.07. The number of nitro benzene ring substituents is 1. The van der Waals surface area contributed by atoms with Crippen LogP contribution >= 0.6 is 22.9 Å². The Kier molecular flexibility index (Phi) is 5.78. The van der Waals surface area contributed by atoms with Gasteiger partial charge in [-0.15, -0.1) is 0 Å². The molecule has 1 unspecified atom stereocenters. The van der Waals surface area contributed by atoms with Crippen LogP contribution in [0.5, 0.6) is 5.75 Å². The van der Waals surface area contributed by atoms with Crippen LogP contribution in [0.15, 0.2) is 82.1 Å². The van der Waals surface area contributed by atoms with Gasteiger partial charge in [0.25, 0.3) is 11.2 Å². The van der Waals surface area contributed by atoms with Crippen molar-refractivity contribution in [1.29, 1.82) is 0 Å². The fourth-order valence-corrected chi connectivity index (χ4v) is 6.29. The van der Waals surface area contributed by atoms with E-state index < -0.39 is 4.92 Å². The molecular formula is C28H20ClN3O4S. The van der Waals surface area contributed by atoms with E-state index in [0.717, 1.165) is 35.2 Å². The number of ether oxygens (including phenoxy) is 1. The Labute approximate surface area is 220 Å². The fourth-order valence-electron chi connectivity index (χ4n) is 5.10. The molecule has 4 aromatic rings. The number of hydrogen-bond acceptors (Lipinski definition) is 6. The van der Waals surface area contributed by atoms with Gasteiger partial charge in [-0.05, 0) is 47.8 Å². The summed E-state index contributed by atoms with van der Waals surface area (Å²) in [6.45, 7) is 0. The van der Waals surface area contributed by atoms with Gasteiger partial charge in [-0.2, -0.15) is 0 Å². The van der Waals surface area contributed by atoms with Gasteiger partial charge in [0.2, 0.25) is 0 Å². The molecule has 3 aromatic carbocycles. The summed E-state index contributed by atoms with van der Waals surface area (Å²) < 4.78 is 7.86. The summed E-state index contributed by atoms with van der Waals surface area (Å²) in [4.78, 5) is 30.3. The van der Waals surface area contributed by atoms with Crippen molar-refractivity contribution in [3.8, 4) is 5.75 Å². The zero-order valence-electron chi connectivity index (χ0n) is 19.7. The number of thiazole rings is 1. The number of aromatic nitrogens is 1. The van der Waals surface area contributed by atoms with Gasteiger partial charge in [0.15, 0.2) is 4.80 Å². The number of nitrogens with zero attached hydrogens (tertiary/aromatic N) is 3. The molecule has 0 N–H and O–H groups in total. The maximum absolute atomic E-state index is 13.9. The van der Waals surface area contributed by atoms with Gasteiger partial charge in [0.05, 0.1) is 28.3 Å². The summed E-state index contributed by atoms with van der Waals surface area (Å²) in [6.07, 6.45) is 3.28. The molecule has 0 saturated heterocycles. The van der Waals surface area contributed by atoms with Crippen molar-refractivity contribution in [1.82, 2.24) is 4.57 Å². The van der Waals surface area contributed by atoms with Crippen LogP contribution in [-0.2, 0) is 6.42 Å². The molecule has 2 heterocycles. The van der Waals surface area contributed by atoms with E-state index in [1.54, 1.807) is 23.8 Å². The highest BCUT2D eigenvalue weighted by Crippen LogP contribution is 2.43. The molecule has 184 valence electrons. The largest absolute Gasteiger partial charge is 0.496 e. The second-order valence-electron chi connectivity index (χ2n) is 8.82. The Hall–Kier alpha value is -4.01. The van der Waals surface area contributed by atoms with Gasteiger partial charge in [0, 0.05) is 17.2 Å². The van der Waals surface area contributed by atoms with Crippen molar-refractivity contribution in [3.63, 3.8) is 0 Å². The number of para-hydroxylation sites is 1. The topological polar surface area (TPSA) is 86.7 Å². The third kappa shape index (κ3) is 3.89. The van der Waals surface area contributed by atoms with Gasteiger partial charge in [-0.1, -0.05) is 71.5 Å². The predicted molar refractivity (Wildman–Crippen MR) is 144 cm³/mol. The number of nitro groups is 1. The van der Waals surface area contributed by atoms with E-state index >= 15 is 0 Å². The fraction of sp³-hybridized carbons (Fsp3) is 0.143. The van der Waals surface area contributed by atoms with Crippen LogP contribution in [0.1, 0.15) is 34.7 Å². The molecule has 2 aliphatic rings. The molecule has 37 heavy (non-hydrogen) atoms. The Bertz CT molecular complexity index is 1800. The zero-order chi connectivity index (χ0) is 25.7. The van der Waals surface area contributed by atoms with E-state index in [4.69, 9.17) is 21.3 Å². The average molecular weight is 530 g/mol. The lowest BCUT2D eigenvalue weighted by Crippen LogP contribution is -2.39. The molecule has 0 bridgehead atoms. The van der Waals surface area contributed by atoms with E-state index in [2.05, 4.69) is 12.1 Å². The first-order valence-electron chi connectivity index (χ1n) is 11.7. The normalized spacial score (nSPS) is 16.5. The van der Waals surface area contributed by atoms with Crippen LogP contribution < -0.4 is 19.6 Å². The van der Waals surface area contributed by atoms with Crippen molar-refractivity contribution in [2.24, 2.45) is 4.99 Å². The molecule has 6 rings (SSSR count). The summed E-state index contributed by atoms with van der Waals surface area (Å²) in [5.41, 5.74) is 5.28.